The van der Waals surface area contributed by atoms with Gasteiger partial charge >= 0.3 is 5.97 Å². The number of nitrogens with one attached hydrogen (secondary N) is 1. The van der Waals surface area contributed by atoms with Gasteiger partial charge in [-0.15, -0.1) is 0 Å². The van der Waals surface area contributed by atoms with E-state index in [1.165, 1.54) is 12.1 Å². The lowest BCUT2D eigenvalue weighted by atomic mass is 9.94. The first-order chi connectivity index (χ1) is 14.6. The summed E-state index contributed by atoms with van der Waals surface area (Å²) in [6, 6.07) is 3.34. The molecule has 31 heavy (non-hydrogen) atoms. The summed E-state index contributed by atoms with van der Waals surface area (Å²) < 4.78 is 58.3. The van der Waals surface area contributed by atoms with E-state index in [0.29, 0.717) is 0 Å². The van der Waals surface area contributed by atoms with Crippen LogP contribution in [0.4, 0.5) is 10.1 Å². The minimum Gasteiger partial charge on any atom is -0.463 e. The highest BCUT2D eigenvalue weighted by molar-refractivity contribution is 7.93. The molecule has 1 heterocycles. The highest BCUT2D eigenvalue weighted by atomic mass is 35.5. The molecule has 1 fully saturated rings. The number of sulfonamides is 1. The monoisotopic (exact) mass is 479 g/mol. The van der Waals surface area contributed by atoms with Crippen LogP contribution in [-0.4, -0.2) is 67.7 Å². The highest BCUT2D eigenvalue weighted by Gasteiger charge is 2.51. The zero-order valence-electron chi connectivity index (χ0n) is 16.6. The lowest BCUT2D eigenvalue weighted by Crippen LogP contribution is -2.42. The summed E-state index contributed by atoms with van der Waals surface area (Å²) in [6.07, 6.45) is -0.479. The standard InChI is InChI=1S/C19H23ClFNO8S/c1-2-28-18(25)12-8-19(29-15(9-23)16(10-24)30-19)6-5-17(12)31(26,27)22-11-3-4-14(21)13(20)7-11/h3-4,7-8,15-17,22-24H,2,5-6,9-10H2,1H3/t15-,16-,17?/m1/s1. The van der Waals surface area contributed by atoms with E-state index in [4.69, 9.17) is 25.8 Å². The summed E-state index contributed by atoms with van der Waals surface area (Å²) in [7, 11) is -4.17. The normalized spacial score (nSPS) is 25.3. The van der Waals surface area contributed by atoms with Crippen LogP contribution in [0, 0.1) is 5.82 Å². The summed E-state index contributed by atoms with van der Waals surface area (Å²) in [6.45, 7) is 0.733. The third-order valence-electron chi connectivity index (χ3n) is 5.02. The van der Waals surface area contributed by atoms with Gasteiger partial charge in [0.1, 0.15) is 23.3 Å². The molecule has 9 nitrogen and oxygen atoms in total. The van der Waals surface area contributed by atoms with E-state index >= 15 is 0 Å². The molecule has 1 aromatic carbocycles. The van der Waals surface area contributed by atoms with Gasteiger partial charge in [0.15, 0.2) is 5.79 Å². The minimum absolute atomic E-state index is 0.0111. The van der Waals surface area contributed by atoms with Crippen molar-refractivity contribution >= 4 is 33.3 Å². The van der Waals surface area contributed by atoms with Crippen molar-refractivity contribution < 1.29 is 42.0 Å². The van der Waals surface area contributed by atoms with Crippen LogP contribution in [-0.2, 0) is 29.0 Å². The summed E-state index contributed by atoms with van der Waals surface area (Å²) in [4.78, 5) is 12.6. The van der Waals surface area contributed by atoms with Gasteiger partial charge in [-0.2, -0.15) is 0 Å². The summed E-state index contributed by atoms with van der Waals surface area (Å²) in [5.74, 6) is -3.05. The van der Waals surface area contributed by atoms with Crippen LogP contribution in [0.3, 0.4) is 0 Å². The molecule has 0 bridgehead atoms. The lowest BCUT2D eigenvalue weighted by Gasteiger charge is -2.33. The van der Waals surface area contributed by atoms with Crippen molar-refractivity contribution in [1.29, 1.82) is 0 Å². The number of carbonyl (C=O) groups excluding carboxylic acids is 1. The number of aliphatic hydroxyl groups excluding tert-OH is 2. The predicted octanol–water partition coefficient (Wildman–Crippen LogP) is 1.34. The average molecular weight is 480 g/mol. The fourth-order valence-corrected chi connectivity index (χ4v) is 5.30. The number of ether oxygens (including phenoxy) is 3. The predicted molar refractivity (Wildman–Crippen MR) is 108 cm³/mol. The Morgan fingerprint density at radius 3 is 2.52 bits per heavy atom. The molecule has 12 heteroatoms. The minimum atomic E-state index is -4.17. The number of anilines is 1. The second-order valence-electron chi connectivity index (χ2n) is 7.11. The number of benzene rings is 1. The van der Waals surface area contributed by atoms with Crippen LogP contribution >= 0.6 is 11.6 Å². The van der Waals surface area contributed by atoms with E-state index < -0.39 is 58.3 Å². The molecule has 1 spiro atoms. The quantitative estimate of drug-likeness (QED) is 0.499. The Kier molecular flexibility index (Phi) is 7.24. The van der Waals surface area contributed by atoms with Gasteiger partial charge < -0.3 is 24.4 Å². The van der Waals surface area contributed by atoms with E-state index in [-0.39, 0.29) is 35.7 Å². The van der Waals surface area contributed by atoms with Gasteiger partial charge in [0.25, 0.3) is 0 Å². The Labute approximate surface area is 183 Å². The van der Waals surface area contributed by atoms with Crippen LogP contribution < -0.4 is 4.72 Å². The second kappa shape index (κ2) is 9.39. The van der Waals surface area contributed by atoms with Gasteiger partial charge in [-0.3, -0.25) is 4.72 Å². The van der Waals surface area contributed by atoms with E-state index in [9.17, 15) is 27.8 Å². The van der Waals surface area contributed by atoms with Gasteiger partial charge in [-0.1, -0.05) is 11.6 Å². The Morgan fingerprint density at radius 2 is 1.97 bits per heavy atom. The molecule has 0 saturated carbocycles. The van der Waals surface area contributed by atoms with Crippen LogP contribution in [0.25, 0.3) is 0 Å². The first kappa shape index (κ1) is 23.9. The third kappa shape index (κ3) is 5.02. The highest BCUT2D eigenvalue weighted by Crippen LogP contribution is 2.41. The lowest BCUT2D eigenvalue weighted by molar-refractivity contribution is -0.154. The maximum absolute atomic E-state index is 13.4. The van der Waals surface area contributed by atoms with E-state index in [2.05, 4.69) is 4.72 Å². The number of hydrogen-bond donors (Lipinski definition) is 3. The number of halogens is 2. The molecule has 3 rings (SSSR count). The Balaban J connectivity index is 1.94. The molecule has 0 radical (unpaired) electrons. The van der Waals surface area contributed by atoms with Gasteiger partial charge in [0.05, 0.1) is 36.1 Å². The fraction of sp³-hybridized carbons (Fsp3) is 0.526. The first-order valence-corrected chi connectivity index (χ1v) is 11.5. The molecule has 172 valence electrons. The Hall–Kier alpha value is -1.76. The van der Waals surface area contributed by atoms with E-state index in [0.717, 1.165) is 12.1 Å². The molecule has 0 aromatic heterocycles. The van der Waals surface area contributed by atoms with Crippen molar-refractivity contribution in [3.8, 4) is 0 Å². The first-order valence-electron chi connectivity index (χ1n) is 9.58. The summed E-state index contributed by atoms with van der Waals surface area (Å²) in [5.41, 5.74) is -0.173. The van der Waals surface area contributed by atoms with Crippen LogP contribution in [0.1, 0.15) is 19.8 Å². The zero-order valence-corrected chi connectivity index (χ0v) is 18.2. The third-order valence-corrected chi connectivity index (χ3v) is 7.07. The SMILES string of the molecule is CCOC(=O)C1=CC2(CCC1S(=O)(=O)Nc1ccc(F)c(Cl)c1)O[C@H](CO)[C@@H](CO)O2. The number of esters is 1. The van der Waals surface area contributed by atoms with Gasteiger partial charge in [-0.25, -0.2) is 17.6 Å². The van der Waals surface area contributed by atoms with E-state index in [1.807, 2.05) is 0 Å². The van der Waals surface area contributed by atoms with Gasteiger partial charge in [0.2, 0.25) is 10.0 Å². The van der Waals surface area contributed by atoms with Crippen molar-refractivity contribution in [2.75, 3.05) is 24.5 Å². The number of hydrogen-bond acceptors (Lipinski definition) is 8. The number of rotatable bonds is 7. The molecular formula is C19H23ClFNO8S. The van der Waals surface area contributed by atoms with Crippen molar-refractivity contribution in [3.05, 3.63) is 40.7 Å². The average Bonchev–Trinajstić information content (AvgIpc) is 3.07. The largest absolute Gasteiger partial charge is 0.463 e. The summed E-state index contributed by atoms with van der Waals surface area (Å²) in [5, 5.41) is 17.3. The summed E-state index contributed by atoms with van der Waals surface area (Å²) >= 11 is 5.72. The van der Waals surface area contributed by atoms with Crippen LogP contribution in [0.2, 0.25) is 5.02 Å². The Morgan fingerprint density at radius 1 is 1.32 bits per heavy atom. The van der Waals surface area contributed by atoms with Crippen LogP contribution in [0.15, 0.2) is 29.8 Å². The van der Waals surface area contributed by atoms with Crippen molar-refractivity contribution in [1.82, 2.24) is 0 Å². The van der Waals surface area contributed by atoms with Crippen molar-refractivity contribution in [3.63, 3.8) is 0 Å². The number of aliphatic hydroxyl groups is 2. The molecule has 2 aliphatic rings. The topological polar surface area (TPSA) is 131 Å². The molecule has 3 atom stereocenters. The van der Waals surface area contributed by atoms with Crippen molar-refractivity contribution in [2.45, 2.75) is 43.0 Å². The molecule has 1 aromatic rings. The van der Waals surface area contributed by atoms with E-state index in [1.54, 1.807) is 6.92 Å². The van der Waals surface area contributed by atoms with Gasteiger partial charge in [0, 0.05) is 6.42 Å². The fourth-order valence-electron chi connectivity index (χ4n) is 3.60. The molecular weight excluding hydrogens is 457 g/mol. The second-order valence-corrected chi connectivity index (χ2v) is 9.38. The Bertz CT molecular complexity index is 958. The van der Waals surface area contributed by atoms with Crippen LogP contribution in [0.5, 0.6) is 0 Å². The molecule has 1 saturated heterocycles. The smallest absolute Gasteiger partial charge is 0.335 e. The molecule has 1 unspecified atom stereocenters. The zero-order chi connectivity index (χ0) is 22.8. The molecule has 1 aliphatic carbocycles. The molecule has 3 N–H and O–H groups in total. The number of carbonyl (C=O) groups is 1. The maximum atomic E-state index is 13.4. The van der Waals surface area contributed by atoms with Gasteiger partial charge in [-0.05, 0) is 37.6 Å². The molecule has 0 amide bonds. The molecule has 1 aliphatic heterocycles. The van der Waals surface area contributed by atoms with Crippen molar-refractivity contribution in [2.24, 2.45) is 0 Å². The maximum Gasteiger partial charge on any atom is 0.335 e.